The number of anilines is 1. The van der Waals surface area contributed by atoms with Gasteiger partial charge in [0.1, 0.15) is 0 Å². The Labute approximate surface area is 178 Å². The van der Waals surface area contributed by atoms with E-state index >= 15 is 0 Å². The first-order valence-electron chi connectivity index (χ1n) is 9.51. The number of nitrogens with zero attached hydrogens (tertiary/aromatic N) is 1. The highest BCUT2D eigenvalue weighted by Crippen LogP contribution is 2.26. The number of fused-ring (bicyclic) bond motifs is 1. The number of hydrogen-bond acceptors (Lipinski definition) is 5. The summed E-state index contributed by atoms with van der Waals surface area (Å²) < 4.78 is 4.65. The summed E-state index contributed by atoms with van der Waals surface area (Å²) in [5, 5.41) is 7.63. The number of rotatable bonds is 6. The molecule has 1 atom stereocenters. The lowest BCUT2D eigenvalue weighted by Crippen LogP contribution is -2.23. The first-order valence-corrected chi connectivity index (χ1v) is 10.7. The molecule has 1 heterocycles. The Balaban J connectivity index is 1.63. The maximum Gasteiger partial charge on any atom is 0.366 e. The average molecular weight is 417 g/mol. The second kappa shape index (κ2) is 8.97. The zero-order chi connectivity index (χ0) is 20.9. The Morgan fingerprint density at radius 3 is 2.57 bits per heavy atom. The predicted octanol–water partition coefficient (Wildman–Crippen LogP) is 4.87. The Hall–Kier alpha value is -3.38. The van der Waals surface area contributed by atoms with Crippen LogP contribution in [0.5, 0.6) is 0 Å². The van der Waals surface area contributed by atoms with Crippen LogP contribution in [0, 0.1) is 0 Å². The molecule has 4 rings (SSSR count). The van der Waals surface area contributed by atoms with Gasteiger partial charge in [-0.2, -0.15) is 0 Å². The van der Waals surface area contributed by atoms with Gasteiger partial charge in [-0.05, 0) is 54.1 Å². The van der Waals surface area contributed by atoms with E-state index < -0.39 is 5.63 Å². The number of carbonyl (C=O) groups excluding carboxylic acids is 1. The zero-order valence-corrected chi connectivity index (χ0v) is 17.2. The molecule has 0 saturated carbocycles. The van der Waals surface area contributed by atoms with Gasteiger partial charge >= 0.3 is 5.63 Å². The van der Waals surface area contributed by atoms with Crippen molar-refractivity contribution < 1.29 is 9.32 Å². The van der Waals surface area contributed by atoms with E-state index in [4.69, 9.17) is 0 Å². The molecule has 150 valence electrons. The molecular weight excluding hydrogens is 396 g/mol. The molecule has 3 aromatic carbocycles. The van der Waals surface area contributed by atoms with E-state index in [1.807, 2.05) is 60.9 Å². The fourth-order valence-electron chi connectivity index (χ4n) is 3.39. The molecule has 6 heteroatoms. The third-order valence-electron chi connectivity index (χ3n) is 4.98. The van der Waals surface area contributed by atoms with Crippen LogP contribution < -0.4 is 10.9 Å². The van der Waals surface area contributed by atoms with E-state index in [1.165, 1.54) is 6.20 Å². The van der Waals surface area contributed by atoms with Crippen molar-refractivity contribution in [2.45, 2.75) is 17.2 Å². The Morgan fingerprint density at radius 1 is 1.07 bits per heavy atom. The fourth-order valence-corrected chi connectivity index (χ4v) is 3.80. The molecule has 5 nitrogen and oxygen atoms in total. The molecule has 0 aliphatic carbocycles. The third-order valence-corrected chi connectivity index (χ3v) is 5.73. The maximum atomic E-state index is 13.3. The third kappa shape index (κ3) is 4.44. The topological polar surface area (TPSA) is 72.2 Å². The highest BCUT2D eigenvalue weighted by molar-refractivity contribution is 7.98. The lowest BCUT2D eigenvalue weighted by Gasteiger charge is -2.18. The molecule has 0 spiro atoms. The van der Waals surface area contributed by atoms with Crippen molar-refractivity contribution in [3.63, 3.8) is 0 Å². The number of benzene rings is 3. The molecule has 1 N–H and O–H groups in total. The molecule has 0 radical (unpaired) electrons. The average Bonchev–Trinajstić information content (AvgIpc) is 2.78. The molecule has 0 saturated heterocycles. The lowest BCUT2D eigenvalue weighted by molar-refractivity contribution is -0.117. The highest BCUT2D eigenvalue weighted by Gasteiger charge is 2.21. The van der Waals surface area contributed by atoms with Crippen LogP contribution in [0.25, 0.3) is 10.8 Å². The van der Waals surface area contributed by atoms with Crippen molar-refractivity contribution in [1.29, 1.82) is 0 Å². The van der Waals surface area contributed by atoms with E-state index in [9.17, 15) is 9.59 Å². The predicted molar refractivity (Wildman–Crippen MR) is 120 cm³/mol. The highest BCUT2D eigenvalue weighted by atomic mass is 32.2. The van der Waals surface area contributed by atoms with Crippen molar-refractivity contribution in [3.05, 3.63) is 101 Å². The number of carbonyl (C=O) groups is 1. The van der Waals surface area contributed by atoms with Crippen LogP contribution in [0.3, 0.4) is 0 Å². The minimum Gasteiger partial charge on any atom is -0.326 e. The first kappa shape index (κ1) is 19.9. The van der Waals surface area contributed by atoms with Crippen LogP contribution in [-0.2, 0) is 11.2 Å². The zero-order valence-electron chi connectivity index (χ0n) is 16.4. The largest absolute Gasteiger partial charge is 0.366 e. The molecule has 0 bridgehead atoms. The minimum atomic E-state index is -0.499. The Kier molecular flexibility index (Phi) is 5.95. The van der Waals surface area contributed by atoms with Gasteiger partial charge in [0.25, 0.3) is 0 Å². The summed E-state index contributed by atoms with van der Waals surface area (Å²) in [6.45, 7) is 0. The van der Waals surface area contributed by atoms with Gasteiger partial charge in [-0.1, -0.05) is 47.6 Å². The Bertz CT molecular complexity index is 1220. The van der Waals surface area contributed by atoms with E-state index in [0.717, 1.165) is 16.0 Å². The molecule has 30 heavy (non-hydrogen) atoms. The summed E-state index contributed by atoms with van der Waals surface area (Å²) in [4.78, 5) is 26.2. The molecule has 1 unspecified atom stereocenters. The quantitative estimate of drug-likeness (QED) is 0.454. The van der Waals surface area contributed by atoms with Crippen molar-refractivity contribution in [1.82, 2.24) is 5.16 Å². The second-order valence-corrected chi connectivity index (χ2v) is 7.80. The van der Waals surface area contributed by atoms with Crippen molar-refractivity contribution in [2.75, 3.05) is 11.6 Å². The second-order valence-electron chi connectivity index (χ2n) is 6.92. The summed E-state index contributed by atoms with van der Waals surface area (Å²) in [6, 6.07) is 23.1. The van der Waals surface area contributed by atoms with Crippen LogP contribution in [0.15, 0.2) is 93.2 Å². The van der Waals surface area contributed by atoms with Crippen LogP contribution in [0.4, 0.5) is 5.69 Å². The van der Waals surface area contributed by atoms with Crippen LogP contribution >= 0.6 is 11.8 Å². The maximum absolute atomic E-state index is 13.3. The summed E-state index contributed by atoms with van der Waals surface area (Å²) >= 11 is 1.67. The van der Waals surface area contributed by atoms with Crippen molar-refractivity contribution >= 4 is 34.1 Å². The molecule has 0 aliphatic rings. The SMILES string of the molecule is CSc1ccc(C(Cc2ccccc2)C(=O)Nc2ccc3c(=O)oncc3c2)cc1. The smallest absolute Gasteiger partial charge is 0.326 e. The van der Waals surface area contributed by atoms with Gasteiger partial charge in [0.2, 0.25) is 5.91 Å². The molecule has 4 aromatic rings. The number of amides is 1. The Morgan fingerprint density at radius 2 is 1.83 bits per heavy atom. The lowest BCUT2D eigenvalue weighted by atomic mass is 9.91. The normalized spacial score (nSPS) is 11.9. The monoisotopic (exact) mass is 416 g/mol. The van der Waals surface area contributed by atoms with Crippen molar-refractivity contribution in [3.8, 4) is 0 Å². The van der Waals surface area contributed by atoms with E-state index in [-0.39, 0.29) is 11.8 Å². The summed E-state index contributed by atoms with van der Waals surface area (Å²) in [6.07, 6.45) is 4.08. The number of nitrogens with one attached hydrogen (secondary N) is 1. The van der Waals surface area contributed by atoms with Gasteiger partial charge in [-0.15, -0.1) is 11.8 Å². The van der Waals surface area contributed by atoms with Crippen LogP contribution in [0.1, 0.15) is 17.0 Å². The molecule has 1 aromatic heterocycles. The van der Waals surface area contributed by atoms with Gasteiger partial charge in [-0.25, -0.2) is 4.79 Å². The molecular formula is C24H20N2O3S. The van der Waals surface area contributed by atoms with E-state index in [2.05, 4.69) is 15.0 Å². The molecule has 1 amide bonds. The van der Waals surface area contributed by atoms with Crippen LogP contribution in [-0.4, -0.2) is 17.3 Å². The summed E-state index contributed by atoms with van der Waals surface area (Å²) in [5.41, 5.74) is 2.16. The first-order chi connectivity index (χ1) is 14.6. The van der Waals surface area contributed by atoms with Gasteiger partial charge in [0.15, 0.2) is 0 Å². The van der Waals surface area contributed by atoms with Crippen molar-refractivity contribution in [2.24, 2.45) is 0 Å². The van der Waals surface area contributed by atoms with Gasteiger partial charge < -0.3 is 9.84 Å². The fraction of sp³-hybridized carbons (Fsp3) is 0.125. The van der Waals surface area contributed by atoms with E-state index in [1.54, 1.807) is 30.0 Å². The molecule has 0 fully saturated rings. The minimum absolute atomic E-state index is 0.106. The van der Waals surface area contributed by atoms with Gasteiger partial charge in [0.05, 0.1) is 17.5 Å². The molecule has 0 aliphatic heterocycles. The van der Waals surface area contributed by atoms with Crippen LogP contribution in [0.2, 0.25) is 0 Å². The van der Waals surface area contributed by atoms with Gasteiger partial charge in [0, 0.05) is 16.0 Å². The standard InChI is InChI=1S/C24H20N2O3S/c1-30-20-10-7-17(8-11-20)22(13-16-5-3-2-4-6-16)23(27)26-19-9-12-21-18(14-19)15-25-29-24(21)28/h2-12,14-15,22H,13H2,1H3,(H,26,27). The number of aromatic nitrogens is 1. The summed E-state index contributed by atoms with van der Waals surface area (Å²) in [7, 11) is 0. The van der Waals surface area contributed by atoms with Gasteiger partial charge in [-0.3, -0.25) is 4.79 Å². The van der Waals surface area contributed by atoms with E-state index in [0.29, 0.717) is 22.9 Å². The number of thioether (sulfide) groups is 1. The number of hydrogen-bond donors (Lipinski definition) is 1. The summed E-state index contributed by atoms with van der Waals surface area (Å²) in [5.74, 6) is -0.455.